The maximum atomic E-state index is 11.6. The van der Waals surface area contributed by atoms with Crippen molar-refractivity contribution in [3.63, 3.8) is 0 Å². The summed E-state index contributed by atoms with van der Waals surface area (Å²) in [5.41, 5.74) is 0.867. The molecular weight excluding hydrogens is 333 g/mol. The van der Waals surface area contributed by atoms with Crippen LogP contribution in [0.1, 0.15) is 20.8 Å². The zero-order valence-electron chi connectivity index (χ0n) is 9.71. The number of hydrogen-bond donors (Lipinski definition) is 1. The average Bonchev–Trinajstić information content (AvgIpc) is 2.14. The molecular formula is C12H16INOS. The molecule has 16 heavy (non-hydrogen) atoms. The molecule has 1 amide bonds. The smallest absolute Gasteiger partial charge is 0.234 e. The Labute approximate surface area is 115 Å². The predicted octanol–water partition coefficient (Wildman–Crippen LogP) is 3.76. The minimum absolute atomic E-state index is 0.0573. The van der Waals surface area contributed by atoms with Crippen molar-refractivity contribution in [2.75, 3.05) is 11.1 Å². The molecule has 2 nitrogen and oxygen atoms in total. The Kier molecular flexibility index (Phi) is 5.11. The van der Waals surface area contributed by atoms with Crippen molar-refractivity contribution in [3.05, 3.63) is 27.8 Å². The van der Waals surface area contributed by atoms with E-state index in [1.807, 2.05) is 24.3 Å². The summed E-state index contributed by atoms with van der Waals surface area (Å²) in [5, 5.41) is 2.89. The number of carbonyl (C=O) groups is 1. The highest BCUT2D eigenvalue weighted by molar-refractivity contribution is 14.1. The molecule has 4 heteroatoms. The Morgan fingerprint density at radius 3 is 2.69 bits per heavy atom. The molecule has 0 heterocycles. The fraction of sp³-hybridized carbons (Fsp3) is 0.417. The Morgan fingerprint density at radius 2 is 2.12 bits per heavy atom. The lowest BCUT2D eigenvalue weighted by molar-refractivity contribution is -0.113. The number of amides is 1. The van der Waals surface area contributed by atoms with Crippen molar-refractivity contribution in [3.8, 4) is 0 Å². The Morgan fingerprint density at radius 1 is 1.44 bits per heavy atom. The Balaban J connectivity index is 2.46. The van der Waals surface area contributed by atoms with Crippen molar-refractivity contribution < 1.29 is 4.79 Å². The number of benzene rings is 1. The van der Waals surface area contributed by atoms with Gasteiger partial charge in [0.15, 0.2) is 0 Å². The summed E-state index contributed by atoms with van der Waals surface area (Å²) in [6.45, 7) is 6.32. The molecule has 0 aliphatic rings. The molecule has 0 aliphatic carbocycles. The van der Waals surface area contributed by atoms with Gasteiger partial charge >= 0.3 is 0 Å². The minimum atomic E-state index is 0.0573. The first-order valence-corrected chi connectivity index (χ1v) is 7.13. The number of halogens is 1. The van der Waals surface area contributed by atoms with Gasteiger partial charge < -0.3 is 5.32 Å². The van der Waals surface area contributed by atoms with Crippen molar-refractivity contribution in [2.45, 2.75) is 25.5 Å². The molecule has 0 aliphatic heterocycles. The molecule has 1 rings (SSSR count). The molecule has 0 bridgehead atoms. The van der Waals surface area contributed by atoms with Gasteiger partial charge in [-0.25, -0.2) is 0 Å². The maximum absolute atomic E-state index is 11.6. The number of thioether (sulfide) groups is 1. The molecule has 0 fully saturated rings. The number of hydrogen-bond acceptors (Lipinski definition) is 2. The SMILES string of the molecule is CC(C)(C)SCC(=O)Nc1cccc(I)c1. The fourth-order valence-corrected chi connectivity index (χ4v) is 2.22. The quantitative estimate of drug-likeness (QED) is 0.842. The van der Waals surface area contributed by atoms with Gasteiger partial charge in [-0.1, -0.05) is 26.8 Å². The van der Waals surface area contributed by atoms with Crippen molar-refractivity contribution in [1.29, 1.82) is 0 Å². The van der Waals surface area contributed by atoms with Crippen molar-refractivity contribution >= 4 is 45.9 Å². The second-order valence-electron chi connectivity index (χ2n) is 4.46. The number of rotatable bonds is 3. The van der Waals surface area contributed by atoms with E-state index in [0.717, 1.165) is 9.26 Å². The fourth-order valence-electron chi connectivity index (χ4n) is 1.05. The van der Waals surface area contributed by atoms with Crippen LogP contribution in [0.2, 0.25) is 0 Å². The highest BCUT2D eigenvalue weighted by Gasteiger charge is 2.13. The third-order valence-corrected chi connectivity index (χ3v) is 3.69. The molecule has 1 aromatic carbocycles. The normalized spacial score (nSPS) is 11.2. The van der Waals surface area contributed by atoms with Crippen LogP contribution in [0.25, 0.3) is 0 Å². The number of anilines is 1. The van der Waals surface area contributed by atoms with Gasteiger partial charge in [-0.15, -0.1) is 11.8 Å². The van der Waals surface area contributed by atoms with E-state index in [-0.39, 0.29) is 10.7 Å². The van der Waals surface area contributed by atoms with Crippen LogP contribution < -0.4 is 5.32 Å². The van der Waals surface area contributed by atoms with Crippen LogP contribution in [0.5, 0.6) is 0 Å². The van der Waals surface area contributed by atoms with Gasteiger partial charge in [-0.3, -0.25) is 4.79 Å². The monoisotopic (exact) mass is 349 g/mol. The summed E-state index contributed by atoms with van der Waals surface area (Å²) in [7, 11) is 0. The number of carbonyl (C=O) groups excluding carboxylic acids is 1. The van der Waals surface area contributed by atoms with E-state index in [9.17, 15) is 4.79 Å². The Hall–Kier alpha value is -0.230. The van der Waals surface area contributed by atoms with Gasteiger partial charge in [0, 0.05) is 14.0 Å². The van der Waals surface area contributed by atoms with E-state index in [2.05, 4.69) is 48.7 Å². The molecule has 0 saturated carbocycles. The average molecular weight is 349 g/mol. The van der Waals surface area contributed by atoms with E-state index < -0.39 is 0 Å². The van der Waals surface area contributed by atoms with E-state index in [4.69, 9.17) is 0 Å². The summed E-state index contributed by atoms with van der Waals surface area (Å²) in [6, 6.07) is 7.80. The van der Waals surface area contributed by atoms with Crippen LogP contribution in [0.3, 0.4) is 0 Å². The first-order valence-electron chi connectivity index (χ1n) is 5.06. The standard InChI is InChI=1S/C12H16INOS/c1-12(2,3)16-8-11(15)14-10-6-4-5-9(13)7-10/h4-7H,8H2,1-3H3,(H,14,15). The summed E-state index contributed by atoms with van der Waals surface area (Å²) >= 11 is 3.88. The third kappa shape index (κ3) is 5.75. The minimum Gasteiger partial charge on any atom is -0.325 e. The molecule has 0 atom stereocenters. The van der Waals surface area contributed by atoms with Gasteiger partial charge in [-0.05, 0) is 40.8 Å². The third-order valence-electron chi connectivity index (χ3n) is 1.74. The number of nitrogens with one attached hydrogen (secondary N) is 1. The second kappa shape index (κ2) is 5.91. The van der Waals surface area contributed by atoms with Crippen LogP contribution >= 0.6 is 34.4 Å². The molecule has 0 aromatic heterocycles. The largest absolute Gasteiger partial charge is 0.325 e. The van der Waals surface area contributed by atoms with Crippen LogP contribution in [-0.2, 0) is 4.79 Å². The van der Waals surface area contributed by atoms with Gasteiger partial charge in [0.1, 0.15) is 0 Å². The van der Waals surface area contributed by atoms with E-state index in [0.29, 0.717) is 5.75 Å². The topological polar surface area (TPSA) is 29.1 Å². The lowest BCUT2D eigenvalue weighted by Crippen LogP contribution is -2.18. The van der Waals surface area contributed by atoms with E-state index in [1.54, 1.807) is 11.8 Å². The zero-order valence-corrected chi connectivity index (χ0v) is 12.7. The maximum Gasteiger partial charge on any atom is 0.234 e. The van der Waals surface area contributed by atoms with Gasteiger partial charge in [0.25, 0.3) is 0 Å². The van der Waals surface area contributed by atoms with Gasteiger partial charge in [0.05, 0.1) is 5.75 Å². The lowest BCUT2D eigenvalue weighted by Gasteiger charge is -2.17. The molecule has 88 valence electrons. The molecule has 0 radical (unpaired) electrons. The highest BCUT2D eigenvalue weighted by atomic mass is 127. The summed E-state index contributed by atoms with van der Waals surface area (Å²) in [5.74, 6) is 0.552. The van der Waals surface area contributed by atoms with Gasteiger partial charge in [-0.2, -0.15) is 0 Å². The summed E-state index contributed by atoms with van der Waals surface area (Å²) in [6.07, 6.45) is 0. The van der Waals surface area contributed by atoms with E-state index >= 15 is 0 Å². The lowest BCUT2D eigenvalue weighted by atomic mass is 10.3. The van der Waals surface area contributed by atoms with E-state index in [1.165, 1.54) is 0 Å². The van der Waals surface area contributed by atoms with Crippen molar-refractivity contribution in [2.24, 2.45) is 0 Å². The molecule has 0 unspecified atom stereocenters. The summed E-state index contributed by atoms with van der Waals surface area (Å²) in [4.78, 5) is 11.6. The highest BCUT2D eigenvalue weighted by Crippen LogP contribution is 2.23. The Bertz CT molecular complexity index is 374. The second-order valence-corrected chi connectivity index (χ2v) is 7.51. The van der Waals surface area contributed by atoms with Crippen LogP contribution in [0, 0.1) is 3.57 Å². The zero-order chi connectivity index (χ0) is 12.2. The van der Waals surface area contributed by atoms with Gasteiger partial charge in [0.2, 0.25) is 5.91 Å². The van der Waals surface area contributed by atoms with Crippen LogP contribution in [0.4, 0.5) is 5.69 Å². The first-order chi connectivity index (χ1) is 7.37. The molecule has 1 N–H and O–H groups in total. The summed E-state index contributed by atoms with van der Waals surface area (Å²) < 4.78 is 1.25. The van der Waals surface area contributed by atoms with Crippen LogP contribution in [-0.4, -0.2) is 16.4 Å². The first kappa shape index (κ1) is 13.8. The molecule has 1 aromatic rings. The molecule has 0 spiro atoms. The van der Waals surface area contributed by atoms with Crippen LogP contribution in [0.15, 0.2) is 24.3 Å². The predicted molar refractivity (Wildman–Crippen MR) is 80.0 cm³/mol. The molecule has 0 saturated heterocycles. The van der Waals surface area contributed by atoms with Crippen molar-refractivity contribution in [1.82, 2.24) is 0 Å².